The lowest BCUT2D eigenvalue weighted by molar-refractivity contribution is 0.165. The molecule has 0 bridgehead atoms. The van der Waals surface area contributed by atoms with Crippen LogP contribution in [0.2, 0.25) is 0 Å². The van der Waals surface area contributed by atoms with Crippen molar-refractivity contribution < 1.29 is 0 Å². The minimum absolute atomic E-state index is 0.120. The fraction of sp³-hybridized carbons (Fsp3) is 0.696. The molecule has 2 fully saturated rings. The fourth-order valence-electron chi connectivity index (χ4n) is 5.05. The van der Waals surface area contributed by atoms with Crippen LogP contribution in [-0.2, 0) is 5.41 Å². The summed E-state index contributed by atoms with van der Waals surface area (Å²) >= 11 is 0. The van der Waals surface area contributed by atoms with Gasteiger partial charge >= 0.3 is 0 Å². The van der Waals surface area contributed by atoms with Crippen LogP contribution in [0.4, 0.5) is 0 Å². The Kier molecular flexibility index (Phi) is 4.63. The molecule has 2 aromatic heterocycles. The van der Waals surface area contributed by atoms with Crippen LogP contribution in [0, 0.1) is 11.3 Å². The van der Waals surface area contributed by atoms with E-state index >= 15 is 0 Å². The molecule has 26 heavy (non-hydrogen) atoms. The van der Waals surface area contributed by atoms with Gasteiger partial charge in [0, 0.05) is 30.4 Å². The van der Waals surface area contributed by atoms with Gasteiger partial charge in [0.15, 0.2) is 0 Å². The van der Waals surface area contributed by atoms with Crippen LogP contribution >= 0.6 is 0 Å². The zero-order valence-electron chi connectivity index (χ0n) is 17.0. The number of fused-ring (bicyclic) bond motifs is 2. The predicted octanol–water partition coefficient (Wildman–Crippen LogP) is 5.29. The smallest absolute Gasteiger partial charge is 0.136 e. The molecule has 4 rings (SSSR count). The van der Waals surface area contributed by atoms with Gasteiger partial charge in [-0.15, -0.1) is 0 Å². The summed E-state index contributed by atoms with van der Waals surface area (Å²) in [6.07, 6.45) is 12.5. The van der Waals surface area contributed by atoms with Crippen molar-refractivity contribution in [2.75, 3.05) is 13.1 Å². The minimum atomic E-state index is 0.120. The fourth-order valence-corrected chi connectivity index (χ4v) is 5.05. The van der Waals surface area contributed by atoms with E-state index in [4.69, 9.17) is 4.98 Å². The minimum Gasteiger partial charge on any atom is -0.307 e. The third kappa shape index (κ3) is 3.43. The van der Waals surface area contributed by atoms with Gasteiger partial charge < -0.3 is 9.30 Å². The number of aromatic nitrogens is 2. The average molecular weight is 354 g/mol. The molecule has 0 aliphatic carbocycles. The number of piperidine rings is 1. The van der Waals surface area contributed by atoms with Gasteiger partial charge in [0.1, 0.15) is 5.65 Å². The number of hydrogen-bond acceptors (Lipinski definition) is 2. The van der Waals surface area contributed by atoms with Crippen LogP contribution in [0.15, 0.2) is 30.6 Å². The first-order valence-electron chi connectivity index (χ1n) is 10.5. The maximum absolute atomic E-state index is 4.90. The van der Waals surface area contributed by atoms with E-state index < -0.39 is 0 Å². The maximum atomic E-state index is 4.90. The summed E-state index contributed by atoms with van der Waals surface area (Å²) in [6, 6.07) is 7.11. The van der Waals surface area contributed by atoms with E-state index in [9.17, 15) is 0 Å². The van der Waals surface area contributed by atoms with Crippen molar-refractivity contribution in [3.8, 4) is 0 Å². The van der Waals surface area contributed by atoms with Gasteiger partial charge in [0.25, 0.3) is 0 Å². The van der Waals surface area contributed by atoms with Crippen molar-refractivity contribution in [3.05, 3.63) is 36.3 Å². The summed E-state index contributed by atoms with van der Waals surface area (Å²) in [5.74, 6) is 0.850. The molecule has 0 amide bonds. The molecule has 3 heteroatoms. The van der Waals surface area contributed by atoms with Crippen LogP contribution in [0.3, 0.4) is 0 Å². The first-order chi connectivity index (χ1) is 12.4. The van der Waals surface area contributed by atoms with E-state index in [0.29, 0.717) is 5.41 Å². The van der Waals surface area contributed by atoms with Gasteiger partial charge in [-0.05, 0) is 62.1 Å². The van der Waals surface area contributed by atoms with Crippen LogP contribution in [-0.4, -0.2) is 33.4 Å². The summed E-state index contributed by atoms with van der Waals surface area (Å²) in [5, 5.41) is 0. The first-order valence-corrected chi connectivity index (χ1v) is 10.5. The summed E-state index contributed by atoms with van der Waals surface area (Å²) < 4.78 is 2.15. The van der Waals surface area contributed by atoms with Crippen molar-refractivity contribution in [1.82, 2.24) is 14.3 Å². The Bertz CT molecular complexity index is 711. The molecule has 0 spiro atoms. The molecule has 0 N–H and O–H groups in total. The van der Waals surface area contributed by atoms with Crippen LogP contribution in [0.5, 0.6) is 0 Å². The molecule has 2 atom stereocenters. The van der Waals surface area contributed by atoms with E-state index in [-0.39, 0.29) is 5.41 Å². The molecule has 2 aromatic rings. The van der Waals surface area contributed by atoms with Crippen molar-refractivity contribution in [2.45, 2.75) is 77.7 Å². The van der Waals surface area contributed by atoms with E-state index in [2.05, 4.69) is 67.6 Å². The second-order valence-corrected chi connectivity index (χ2v) is 10.0. The molecule has 2 saturated heterocycles. The van der Waals surface area contributed by atoms with Crippen molar-refractivity contribution in [1.29, 1.82) is 0 Å². The van der Waals surface area contributed by atoms with E-state index in [1.165, 1.54) is 57.3 Å². The van der Waals surface area contributed by atoms with Crippen molar-refractivity contribution in [3.63, 3.8) is 0 Å². The Hall–Kier alpha value is -1.35. The van der Waals surface area contributed by atoms with Gasteiger partial charge in [-0.1, -0.05) is 40.2 Å². The van der Waals surface area contributed by atoms with Gasteiger partial charge in [-0.3, -0.25) is 0 Å². The molecule has 0 aromatic carbocycles. The second kappa shape index (κ2) is 6.67. The van der Waals surface area contributed by atoms with E-state index in [1.807, 2.05) is 0 Å². The van der Waals surface area contributed by atoms with Gasteiger partial charge in [-0.2, -0.15) is 0 Å². The third-order valence-electron chi connectivity index (χ3n) is 7.32. The molecule has 0 saturated carbocycles. The zero-order chi connectivity index (χ0) is 18.4. The topological polar surface area (TPSA) is 20.5 Å². The Morgan fingerprint density at radius 3 is 2.73 bits per heavy atom. The molecule has 0 radical (unpaired) electrons. The van der Waals surface area contributed by atoms with Crippen LogP contribution < -0.4 is 0 Å². The maximum Gasteiger partial charge on any atom is 0.136 e. The SMILES string of the molecule is CC(C)(CCC(C)(C)C1CC2CCCCN2C1)c1cn2ccccc2n1. The number of imidazole rings is 1. The van der Waals surface area contributed by atoms with Gasteiger partial charge in [0.2, 0.25) is 0 Å². The predicted molar refractivity (Wildman–Crippen MR) is 109 cm³/mol. The third-order valence-corrected chi connectivity index (χ3v) is 7.32. The first kappa shape index (κ1) is 18.0. The normalized spacial score (nSPS) is 24.9. The number of rotatable bonds is 5. The highest BCUT2D eigenvalue weighted by molar-refractivity contribution is 5.40. The zero-order valence-corrected chi connectivity index (χ0v) is 17.0. The van der Waals surface area contributed by atoms with Gasteiger partial charge in [0.05, 0.1) is 5.69 Å². The average Bonchev–Trinajstić information content (AvgIpc) is 3.25. The Balaban J connectivity index is 1.43. The molecular weight excluding hydrogens is 318 g/mol. The van der Waals surface area contributed by atoms with E-state index in [0.717, 1.165) is 17.6 Å². The molecule has 4 heterocycles. The van der Waals surface area contributed by atoms with Gasteiger partial charge in [-0.25, -0.2) is 4.98 Å². The molecule has 2 unspecified atom stereocenters. The Morgan fingerprint density at radius 2 is 1.96 bits per heavy atom. The molecule has 2 aliphatic heterocycles. The standard InChI is InChI=1S/C23H35N3/c1-22(2,18-15-19-9-5-7-13-25(19)16-18)11-12-23(3,4)20-17-26-14-8-6-10-21(26)24-20/h6,8,10,14,17-19H,5,7,9,11-13,15-16H2,1-4H3. The largest absolute Gasteiger partial charge is 0.307 e. The number of pyridine rings is 1. The van der Waals surface area contributed by atoms with E-state index in [1.54, 1.807) is 0 Å². The van der Waals surface area contributed by atoms with Crippen LogP contribution in [0.1, 0.15) is 71.9 Å². The Morgan fingerprint density at radius 1 is 1.12 bits per heavy atom. The Labute approximate surface area is 158 Å². The highest BCUT2D eigenvalue weighted by Gasteiger charge is 2.41. The molecule has 3 nitrogen and oxygen atoms in total. The van der Waals surface area contributed by atoms with Crippen molar-refractivity contribution in [2.24, 2.45) is 11.3 Å². The lowest BCUT2D eigenvalue weighted by Gasteiger charge is -2.35. The highest BCUT2D eigenvalue weighted by Crippen LogP contribution is 2.44. The summed E-state index contributed by atoms with van der Waals surface area (Å²) in [7, 11) is 0. The van der Waals surface area contributed by atoms with Crippen molar-refractivity contribution >= 4 is 5.65 Å². The lowest BCUT2D eigenvalue weighted by atomic mass is 9.70. The summed E-state index contributed by atoms with van der Waals surface area (Å²) in [6.45, 7) is 12.4. The quantitative estimate of drug-likeness (QED) is 0.728. The highest BCUT2D eigenvalue weighted by atomic mass is 15.2. The summed E-state index contributed by atoms with van der Waals surface area (Å²) in [4.78, 5) is 7.68. The number of nitrogens with zero attached hydrogens (tertiary/aromatic N) is 3. The summed E-state index contributed by atoms with van der Waals surface area (Å²) in [5.41, 5.74) is 2.81. The molecule has 2 aliphatic rings. The monoisotopic (exact) mass is 353 g/mol. The second-order valence-electron chi connectivity index (χ2n) is 10.0. The number of hydrogen-bond donors (Lipinski definition) is 0. The van der Waals surface area contributed by atoms with Crippen LogP contribution in [0.25, 0.3) is 5.65 Å². The lowest BCUT2D eigenvalue weighted by Crippen LogP contribution is -2.34. The molecule has 142 valence electrons. The molecular formula is C23H35N3.